The van der Waals surface area contributed by atoms with Gasteiger partial charge in [-0.15, -0.1) is 11.3 Å². The minimum atomic E-state index is -0.350. The number of ether oxygens (including phenoxy) is 1. The molecular weight excluding hydrogens is 339 g/mol. The molecule has 1 aliphatic rings. The highest BCUT2D eigenvalue weighted by molar-refractivity contribution is 7.09. The number of para-hydroxylation sites is 1. The highest BCUT2D eigenvalue weighted by Crippen LogP contribution is 2.22. The van der Waals surface area contributed by atoms with Gasteiger partial charge in [0.25, 0.3) is 5.91 Å². The molecule has 6 heteroatoms. The fourth-order valence-electron chi connectivity index (χ4n) is 3.05. The Morgan fingerprint density at radius 1 is 1.44 bits per heavy atom. The van der Waals surface area contributed by atoms with E-state index in [0.717, 1.165) is 37.2 Å². The van der Waals surface area contributed by atoms with E-state index in [2.05, 4.69) is 11.9 Å². The maximum atomic E-state index is 13.6. The molecule has 1 aliphatic heterocycles. The summed E-state index contributed by atoms with van der Waals surface area (Å²) in [6.45, 7) is 3.90. The molecule has 134 valence electrons. The van der Waals surface area contributed by atoms with Crippen molar-refractivity contribution < 1.29 is 13.9 Å². The Balaban J connectivity index is 1.56. The third-order valence-electron chi connectivity index (χ3n) is 4.35. The topological polar surface area (TPSA) is 42.4 Å². The second kappa shape index (κ2) is 8.43. The molecule has 3 rings (SSSR count). The number of carbonyl (C=O) groups excluding carboxylic acids is 1. The van der Waals surface area contributed by atoms with Crippen LogP contribution in [0.15, 0.2) is 29.6 Å². The van der Waals surface area contributed by atoms with E-state index < -0.39 is 0 Å². The standard InChI is InChI=1S/C19H23FN2O2S/c1-2-6-18-21-16(13-25-18)19(23)22-10-5-7-14(11-22)12-24-17-9-4-3-8-15(17)20/h3-4,8-9,13-14H,2,5-7,10-12H2,1H3/t14-/m0/s1. The number of halogens is 1. The van der Waals surface area contributed by atoms with Crippen LogP contribution in [0.3, 0.4) is 0 Å². The summed E-state index contributed by atoms with van der Waals surface area (Å²) in [6, 6.07) is 6.42. The summed E-state index contributed by atoms with van der Waals surface area (Å²) in [7, 11) is 0. The lowest BCUT2D eigenvalue weighted by Crippen LogP contribution is -2.41. The van der Waals surface area contributed by atoms with E-state index in [9.17, 15) is 9.18 Å². The van der Waals surface area contributed by atoms with Gasteiger partial charge in [-0.05, 0) is 37.8 Å². The van der Waals surface area contributed by atoms with E-state index in [1.54, 1.807) is 29.5 Å². The number of hydrogen-bond donors (Lipinski definition) is 0. The zero-order valence-electron chi connectivity index (χ0n) is 14.4. The number of likely N-dealkylation sites (tertiary alicyclic amines) is 1. The molecule has 0 spiro atoms. The van der Waals surface area contributed by atoms with Crippen molar-refractivity contribution in [1.29, 1.82) is 0 Å². The maximum absolute atomic E-state index is 13.6. The van der Waals surface area contributed by atoms with Gasteiger partial charge in [0.05, 0.1) is 11.6 Å². The zero-order valence-corrected chi connectivity index (χ0v) is 15.2. The summed E-state index contributed by atoms with van der Waals surface area (Å²) in [6.07, 6.45) is 3.86. The van der Waals surface area contributed by atoms with Crippen molar-refractivity contribution in [3.63, 3.8) is 0 Å². The Morgan fingerprint density at radius 3 is 3.08 bits per heavy atom. The van der Waals surface area contributed by atoms with Gasteiger partial charge >= 0.3 is 0 Å². The number of carbonyl (C=O) groups is 1. The number of rotatable bonds is 6. The Kier molecular flexibility index (Phi) is 6.02. The number of aromatic nitrogens is 1. The summed E-state index contributed by atoms with van der Waals surface area (Å²) in [5.74, 6) is 0.132. The first kappa shape index (κ1) is 17.9. The van der Waals surface area contributed by atoms with E-state index in [-0.39, 0.29) is 23.4 Å². The van der Waals surface area contributed by atoms with Crippen LogP contribution in [0.4, 0.5) is 4.39 Å². The predicted molar refractivity (Wildman–Crippen MR) is 96.6 cm³/mol. The highest BCUT2D eigenvalue weighted by Gasteiger charge is 2.26. The first-order chi connectivity index (χ1) is 12.2. The van der Waals surface area contributed by atoms with E-state index >= 15 is 0 Å². The number of amides is 1. The van der Waals surface area contributed by atoms with Crippen molar-refractivity contribution in [1.82, 2.24) is 9.88 Å². The van der Waals surface area contributed by atoms with Crippen molar-refractivity contribution in [2.45, 2.75) is 32.6 Å². The first-order valence-electron chi connectivity index (χ1n) is 8.78. The normalized spacial score (nSPS) is 17.5. The molecule has 2 heterocycles. The number of piperidine rings is 1. The number of benzene rings is 1. The molecule has 1 saturated heterocycles. The smallest absolute Gasteiger partial charge is 0.273 e. The summed E-state index contributed by atoms with van der Waals surface area (Å²) in [5.41, 5.74) is 0.545. The van der Waals surface area contributed by atoms with Crippen molar-refractivity contribution in [2.75, 3.05) is 19.7 Å². The van der Waals surface area contributed by atoms with E-state index in [1.165, 1.54) is 6.07 Å². The van der Waals surface area contributed by atoms with Gasteiger partial charge in [0.15, 0.2) is 11.6 Å². The molecule has 25 heavy (non-hydrogen) atoms. The predicted octanol–water partition coefficient (Wildman–Crippen LogP) is 4.17. The molecule has 1 aromatic heterocycles. The molecule has 0 bridgehead atoms. The summed E-state index contributed by atoms with van der Waals surface area (Å²) < 4.78 is 19.3. The number of nitrogens with zero attached hydrogens (tertiary/aromatic N) is 2. The third kappa shape index (κ3) is 4.57. The van der Waals surface area contributed by atoms with Crippen molar-refractivity contribution in [3.05, 3.63) is 46.2 Å². The fourth-order valence-corrected chi connectivity index (χ4v) is 3.93. The van der Waals surface area contributed by atoms with Crippen LogP contribution in [-0.2, 0) is 6.42 Å². The summed E-state index contributed by atoms with van der Waals surface area (Å²) >= 11 is 1.55. The van der Waals surface area contributed by atoms with Crippen LogP contribution < -0.4 is 4.74 Å². The number of aryl methyl sites for hydroxylation is 1. The monoisotopic (exact) mass is 362 g/mol. The van der Waals surface area contributed by atoms with Gasteiger partial charge in [0.1, 0.15) is 5.69 Å². The Morgan fingerprint density at radius 2 is 2.28 bits per heavy atom. The zero-order chi connectivity index (χ0) is 17.6. The largest absolute Gasteiger partial charge is 0.490 e. The minimum absolute atomic E-state index is 0.00538. The second-order valence-corrected chi connectivity index (χ2v) is 7.32. The molecule has 2 aromatic rings. The first-order valence-corrected chi connectivity index (χ1v) is 9.66. The van der Waals surface area contributed by atoms with Crippen LogP contribution in [-0.4, -0.2) is 35.5 Å². The van der Waals surface area contributed by atoms with Gasteiger partial charge in [-0.2, -0.15) is 0 Å². The van der Waals surface area contributed by atoms with Crippen LogP contribution in [0.5, 0.6) is 5.75 Å². The van der Waals surface area contributed by atoms with Crippen LogP contribution in [0, 0.1) is 11.7 Å². The quantitative estimate of drug-likeness (QED) is 0.775. The van der Waals surface area contributed by atoms with Crippen molar-refractivity contribution in [2.24, 2.45) is 5.92 Å². The summed E-state index contributed by atoms with van der Waals surface area (Å²) in [4.78, 5) is 19.0. The molecule has 1 amide bonds. The Bertz CT molecular complexity index is 719. The van der Waals surface area contributed by atoms with Gasteiger partial charge in [0, 0.05) is 24.4 Å². The second-order valence-electron chi connectivity index (χ2n) is 6.38. The van der Waals surface area contributed by atoms with Crippen LogP contribution in [0.25, 0.3) is 0 Å². The maximum Gasteiger partial charge on any atom is 0.273 e. The van der Waals surface area contributed by atoms with Gasteiger partial charge in [-0.1, -0.05) is 19.1 Å². The number of hydrogen-bond acceptors (Lipinski definition) is 4. The average Bonchev–Trinajstić information content (AvgIpc) is 3.10. The molecule has 0 N–H and O–H groups in total. The Hall–Kier alpha value is -1.95. The van der Waals surface area contributed by atoms with Gasteiger partial charge in [-0.3, -0.25) is 4.79 Å². The van der Waals surface area contributed by atoms with Crippen molar-refractivity contribution >= 4 is 17.2 Å². The molecule has 0 saturated carbocycles. The molecule has 1 aromatic carbocycles. The average molecular weight is 362 g/mol. The Labute approximate surface area is 151 Å². The van der Waals surface area contributed by atoms with Gasteiger partial charge < -0.3 is 9.64 Å². The van der Waals surface area contributed by atoms with E-state index in [1.807, 2.05) is 10.3 Å². The minimum Gasteiger partial charge on any atom is -0.490 e. The molecule has 4 nitrogen and oxygen atoms in total. The van der Waals surface area contributed by atoms with Gasteiger partial charge in [-0.25, -0.2) is 9.37 Å². The lowest BCUT2D eigenvalue weighted by Gasteiger charge is -2.32. The molecule has 1 atom stereocenters. The fraction of sp³-hybridized carbons (Fsp3) is 0.474. The highest BCUT2D eigenvalue weighted by atomic mass is 32.1. The molecule has 0 aliphatic carbocycles. The summed E-state index contributed by atoms with van der Waals surface area (Å²) in [5, 5.41) is 2.87. The van der Waals surface area contributed by atoms with Crippen LogP contribution in [0.2, 0.25) is 0 Å². The van der Waals surface area contributed by atoms with E-state index in [4.69, 9.17) is 4.74 Å². The molecule has 0 radical (unpaired) electrons. The van der Waals surface area contributed by atoms with Crippen molar-refractivity contribution in [3.8, 4) is 5.75 Å². The molecular formula is C19H23FN2O2S. The molecule has 1 fully saturated rings. The van der Waals surface area contributed by atoms with Crippen LogP contribution >= 0.6 is 11.3 Å². The SMILES string of the molecule is CCCc1nc(C(=O)N2CCC[C@H](COc3ccccc3F)C2)cs1. The number of thiazole rings is 1. The van der Waals surface area contributed by atoms with E-state index in [0.29, 0.717) is 18.8 Å². The van der Waals surface area contributed by atoms with Gasteiger partial charge in [0.2, 0.25) is 0 Å². The van der Waals surface area contributed by atoms with Crippen LogP contribution in [0.1, 0.15) is 41.7 Å². The lowest BCUT2D eigenvalue weighted by molar-refractivity contribution is 0.0626. The molecule has 0 unspecified atom stereocenters. The lowest BCUT2D eigenvalue weighted by atomic mass is 9.98. The third-order valence-corrected chi connectivity index (χ3v) is 5.26.